The molecule has 2 heterocycles. The summed E-state index contributed by atoms with van der Waals surface area (Å²) >= 11 is 0. The van der Waals surface area contributed by atoms with Crippen LogP contribution in [-0.4, -0.2) is 112 Å². The van der Waals surface area contributed by atoms with Crippen molar-refractivity contribution < 1.29 is 14.3 Å². The number of carbonyl (C=O) groups is 2. The Morgan fingerprint density at radius 2 is 1.87 bits per heavy atom. The van der Waals surface area contributed by atoms with E-state index in [2.05, 4.69) is 27.4 Å². The Balaban J connectivity index is 0.00000480. The fourth-order valence-electron chi connectivity index (χ4n) is 4.01. The molecule has 2 aliphatic heterocycles. The van der Waals surface area contributed by atoms with Crippen molar-refractivity contribution in [3.63, 3.8) is 0 Å². The van der Waals surface area contributed by atoms with Gasteiger partial charge in [0.05, 0.1) is 13.0 Å². The van der Waals surface area contributed by atoms with Gasteiger partial charge in [0.15, 0.2) is 5.96 Å². The number of ether oxygens (including phenoxy) is 1. The number of carbonyl (C=O) groups excluding carboxylic acids is 2. The Morgan fingerprint density at radius 1 is 1.16 bits per heavy atom. The van der Waals surface area contributed by atoms with Gasteiger partial charge in [-0.1, -0.05) is 6.92 Å². The predicted octanol–water partition coefficient (Wildman–Crippen LogP) is 0.740. The highest BCUT2D eigenvalue weighted by atomic mass is 127. The predicted molar refractivity (Wildman–Crippen MR) is 134 cm³/mol. The number of likely N-dealkylation sites (tertiary alicyclic amines) is 2. The number of aliphatic imine (C=N–C) groups is 1. The fraction of sp³-hybridized carbons (Fsp3) is 0.857. The Hall–Kier alpha value is -1.14. The van der Waals surface area contributed by atoms with Crippen molar-refractivity contribution in [3.05, 3.63) is 0 Å². The minimum Gasteiger partial charge on any atom is -0.384 e. The number of likely N-dealkylation sites (N-methyl/N-ethyl adjacent to an activating group) is 2. The maximum absolute atomic E-state index is 12.2. The van der Waals surface area contributed by atoms with Gasteiger partial charge < -0.3 is 25.2 Å². The van der Waals surface area contributed by atoms with Crippen molar-refractivity contribution in [1.29, 1.82) is 0 Å². The van der Waals surface area contributed by atoms with E-state index in [9.17, 15) is 9.59 Å². The third kappa shape index (κ3) is 9.48. The van der Waals surface area contributed by atoms with E-state index in [0.29, 0.717) is 25.0 Å². The molecule has 2 fully saturated rings. The lowest BCUT2D eigenvalue weighted by molar-refractivity contribution is -0.133. The van der Waals surface area contributed by atoms with Gasteiger partial charge in [0, 0.05) is 52.9 Å². The molecule has 2 aliphatic rings. The highest BCUT2D eigenvalue weighted by Gasteiger charge is 2.25. The monoisotopic (exact) mass is 552 g/mol. The summed E-state index contributed by atoms with van der Waals surface area (Å²) in [6.07, 6.45) is 4.59. The second kappa shape index (κ2) is 14.8. The minimum atomic E-state index is -0.0225. The second-order valence-electron chi connectivity index (χ2n) is 8.30. The Kier molecular flexibility index (Phi) is 13.3. The molecular weight excluding hydrogens is 511 g/mol. The summed E-state index contributed by atoms with van der Waals surface area (Å²) in [6, 6.07) is 0.745. The van der Waals surface area contributed by atoms with Gasteiger partial charge in [-0.3, -0.25) is 14.5 Å². The van der Waals surface area contributed by atoms with Crippen LogP contribution in [0, 0.1) is 0 Å². The largest absolute Gasteiger partial charge is 0.384 e. The zero-order valence-electron chi connectivity index (χ0n) is 19.6. The van der Waals surface area contributed by atoms with Gasteiger partial charge in [-0.15, -0.1) is 24.0 Å². The van der Waals surface area contributed by atoms with Crippen LogP contribution in [-0.2, 0) is 14.3 Å². The normalized spacial score (nSPS) is 20.3. The molecule has 1 unspecified atom stereocenters. The summed E-state index contributed by atoms with van der Waals surface area (Å²) in [6.45, 7) is 7.28. The van der Waals surface area contributed by atoms with E-state index >= 15 is 0 Å². The van der Waals surface area contributed by atoms with Crippen molar-refractivity contribution >= 4 is 41.8 Å². The van der Waals surface area contributed by atoms with E-state index in [4.69, 9.17) is 4.74 Å². The van der Waals surface area contributed by atoms with Gasteiger partial charge in [0.1, 0.15) is 6.54 Å². The third-order valence-corrected chi connectivity index (χ3v) is 5.99. The van der Waals surface area contributed by atoms with Crippen molar-refractivity contribution in [2.45, 2.75) is 51.1 Å². The maximum Gasteiger partial charge on any atom is 0.243 e. The van der Waals surface area contributed by atoms with E-state index in [1.54, 1.807) is 26.1 Å². The molecule has 1 atom stereocenters. The average Bonchev–Trinajstić information content (AvgIpc) is 3.21. The maximum atomic E-state index is 12.2. The van der Waals surface area contributed by atoms with Crippen LogP contribution < -0.4 is 10.6 Å². The van der Waals surface area contributed by atoms with Crippen LogP contribution in [0.4, 0.5) is 0 Å². The number of nitrogens with zero attached hydrogens (tertiary/aromatic N) is 4. The summed E-state index contributed by atoms with van der Waals surface area (Å²) in [5.74, 6) is 0.822. The number of rotatable bonds is 9. The molecule has 0 aliphatic carbocycles. The molecule has 9 nitrogen and oxygen atoms in total. The Morgan fingerprint density at radius 3 is 2.48 bits per heavy atom. The number of methoxy groups -OCH3 is 1. The number of hydrogen-bond acceptors (Lipinski definition) is 5. The summed E-state index contributed by atoms with van der Waals surface area (Å²) in [4.78, 5) is 34.7. The van der Waals surface area contributed by atoms with E-state index in [-0.39, 0.29) is 48.4 Å². The van der Waals surface area contributed by atoms with Crippen LogP contribution in [0.5, 0.6) is 0 Å². The topological polar surface area (TPSA) is 89.5 Å². The van der Waals surface area contributed by atoms with Crippen LogP contribution in [0.1, 0.15) is 39.0 Å². The van der Waals surface area contributed by atoms with Crippen molar-refractivity contribution in [2.75, 3.05) is 67.1 Å². The number of halogens is 1. The first-order valence-corrected chi connectivity index (χ1v) is 11.2. The first-order chi connectivity index (χ1) is 14.4. The molecular formula is C21H41IN6O3. The number of nitrogens with one attached hydrogen (secondary N) is 2. The van der Waals surface area contributed by atoms with Gasteiger partial charge >= 0.3 is 0 Å². The second-order valence-corrected chi connectivity index (χ2v) is 8.30. The standard InChI is InChI=1S/C21H40N6O3.HI/c1-5-26-11-6-7-18(26)15-22-21(23-16-20(29)25(2)3)24-17-8-12-27(13-9-17)19(28)10-14-30-4;/h17-18H,5-16H2,1-4H3,(H2,22,23,24);1H. The van der Waals surface area contributed by atoms with Crippen LogP contribution in [0.25, 0.3) is 0 Å². The van der Waals surface area contributed by atoms with Crippen LogP contribution in [0.2, 0.25) is 0 Å². The average molecular weight is 553 g/mol. The molecule has 0 radical (unpaired) electrons. The molecule has 0 spiro atoms. The quantitative estimate of drug-likeness (QED) is 0.249. The molecule has 0 bridgehead atoms. The molecule has 0 saturated carbocycles. The number of guanidine groups is 1. The minimum absolute atomic E-state index is 0. The number of amides is 2. The first kappa shape index (κ1) is 27.9. The van der Waals surface area contributed by atoms with E-state index in [0.717, 1.165) is 45.6 Å². The van der Waals surface area contributed by atoms with Gasteiger partial charge in [-0.25, -0.2) is 4.99 Å². The lowest BCUT2D eigenvalue weighted by atomic mass is 10.0. The molecule has 2 saturated heterocycles. The molecule has 2 amide bonds. The van der Waals surface area contributed by atoms with E-state index < -0.39 is 0 Å². The van der Waals surface area contributed by atoms with Gasteiger partial charge in [-0.2, -0.15) is 0 Å². The molecule has 0 aromatic carbocycles. The van der Waals surface area contributed by atoms with Crippen LogP contribution in [0.3, 0.4) is 0 Å². The summed E-state index contributed by atoms with van der Waals surface area (Å²) < 4.78 is 5.01. The summed E-state index contributed by atoms with van der Waals surface area (Å²) in [5, 5.41) is 6.96. The lowest BCUT2D eigenvalue weighted by Gasteiger charge is -2.33. The smallest absolute Gasteiger partial charge is 0.243 e. The molecule has 31 heavy (non-hydrogen) atoms. The molecule has 2 N–H and O–H groups in total. The van der Waals surface area contributed by atoms with Gasteiger partial charge in [0.2, 0.25) is 11.8 Å². The third-order valence-electron chi connectivity index (χ3n) is 5.99. The van der Waals surface area contributed by atoms with E-state index in [1.165, 1.54) is 12.8 Å². The highest BCUT2D eigenvalue weighted by Crippen LogP contribution is 2.16. The van der Waals surface area contributed by atoms with E-state index in [1.807, 2.05) is 4.90 Å². The van der Waals surface area contributed by atoms with Crippen molar-refractivity contribution in [2.24, 2.45) is 4.99 Å². The fourth-order valence-corrected chi connectivity index (χ4v) is 4.01. The zero-order valence-corrected chi connectivity index (χ0v) is 21.9. The molecule has 180 valence electrons. The van der Waals surface area contributed by atoms with Crippen LogP contribution in [0.15, 0.2) is 4.99 Å². The first-order valence-electron chi connectivity index (χ1n) is 11.2. The van der Waals surface area contributed by atoms with Crippen LogP contribution >= 0.6 is 24.0 Å². The van der Waals surface area contributed by atoms with Gasteiger partial charge in [-0.05, 0) is 38.8 Å². The summed E-state index contributed by atoms with van der Waals surface area (Å²) in [5.41, 5.74) is 0. The Bertz CT molecular complexity index is 581. The Labute approximate surface area is 204 Å². The number of piperidine rings is 1. The molecule has 0 aromatic rings. The van der Waals surface area contributed by atoms with Gasteiger partial charge in [0.25, 0.3) is 0 Å². The number of hydrogen-bond donors (Lipinski definition) is 2. The highest BCUT2D eigenvalue weighted by molar-refractivity contribution is 14.0. The SMILES string of the molecule is CCN1CCCC1CNC(=NCC(=O)N(C)C)NC1CCN(C(=O)CCOC)CC1.I. The lowest BCUT2D eigenvalue weighted by Crippen LogP contribution is -2.51. The molecule has 2 rings (SSSR count). The zero-order chi connectivity index (χ0) is 21.9. The molecule has 0 aromatic heterocycles. The summed E-state index contributed by atoms with van der Waals surface area (Å²) in [7, 11) is 5.10. The van der Waals surface area contributed by atoms with Crippen molar-refractivity contribution in [1.82, 2.24) is 25.3 Å². The molecule has 10 heteroatoms. The van der Waals surface area contributed by atoms with Crippen molar-refractivity contribution in [3.8, 4) is 0 Å².